The standard InChI is InChI=1S/C19H16Cl2N4OS2/c20-14-5-3-13(15(21)12-14)4-6-17(26)24-7-9-25(10-8-24)19-23-22-18(28-19)16-2-1-11-27-16/h1-6,11-12H,7-10H2/b6-4+. The Morgan fingerprint density at radius 1 is 1.11 bits per heavy atom. The number of nitrogens with zero attached hydrogens (tertiary/aromatic N) is 4. The highest BCUT2D eigenvalue weighted by molar-refractivity contribution is 7.22. The molecule has 2 aromatic heterocycles. The fourth-order valence-electron chi connectivity index (χ4n) is 2.86. The van der Waals surface area contributed by atoms with Crippen molar-refractivity contribution >= 4 is 63.0 Å². The first kappa shape index (κ1) is 19.4. The van der Waals surface area contributed by atoms with Crippen molar-refractivity contribution in [3.63, 3.8) is 0 Å². The van der Waals surface area contributed by atoms with Gasteiger partial charge in [0.1, 0.15) is 0 Å². The number of halogens is 2. The monoisotopic (exact) mass is 450 g/mol. The fraction of sp³-hybridized carbons (Fsp3) is 0.211. The molecule has 0 N–H and O–H groups in total. The molecule has 144 valence electrons. The molecular weight excluding hydrogens is 435 g/mol. The van der Waals surface area contributed by atoms with Crippen LogP contribution in [0.25, 0.3) is 16.0 Å². The van der Waals surface area contributed by atoms with Crippen LogP contribution < -0.4 is 4.90 Å². The topological polar surface area (TPSA) is 49.3 Å². The lowest BCUT2D eigenvalue weighted by Gasteiger charge is -2.33. The van der Waals surface area contributed by atoms with Gasteiger partial charge in [0, 0.05) is 42.3 Å². The quantitative estimate of drug-likeness (QED) is 0.528. The number of anilines is 1. The van der Waals surface area contributed by atoms with Gasteiger partial charge in [-0.25, -0.2) is 0 Å². The normalized spacial score (nSPS) is 14.8. The Balaban J connectivity index is 1.35. The average Bonchev–Trinajstić information content (AvgIpc) is 3.39. The minimum atomic E-state index is -0.0257. The van der Waals surface area contributed by atoms with Gasteiger partial charge in [0.05, 0.1) is 4.88 Å². The maximum absolute atomic E-state index is 12.5. The minimum Gasteiger partial charge on any atom is -0.343 e. The molecule has 3 heterocycles. The maximum Gasteiger partial charge on any atom is 0.246 e. The van der Waals surface area contributed by atoms with E-state index in [0.29, 0.717) is 23.1 Å². The lowest BCUT2D eigenvalue weighted by molar-refractivity contribution is -0.126. The van der Waals surface area contributed by atoms with Crippen LogP contribution in [0.4, 0.5) is 5.13 Å². The molecule has 0 radical (unpaired) electrons. The Hall–Kier alpha value is -1.93. The average molecular weight is 451 g/mol. The van der Waals surface area contributed by atoms with E-state index in [-0.39, 0.29) is 5.91 Å². The number of piperazine rings is 1. The predicted molar refractivity (Wildman–Crippen MR) is 118 cm³/mol. The summed E-state index contributed by atoms with van der Waals surface area (Å²) in [5.41, 5.74) is 0.771. The Kier molecular flexibility index (Phi) is 5.96. The van der Waals surface area contributed by atoms with Crippen molar-refractivity contribution in [3.05, 3.63) is 57.4 Å². The zero-order valence-electron chi connectivity index (χ0n) is 14.7. The van der Waals surface area contributed by atoms with Crippen LogP contribution in [0, 0.1) is 0 Å². The number of thiophene rings is 1. The van der Waals surface area contributed by atoms with Crippen LogP contribution in [0.15, 0.2) is 41.8 Å². The lowest BCUT2D eigenvalue weighted by Crippen LogP contribution is -2.48. The minimum absolute atomic E-state index is 0.0257. The van der Waals surface area contributed by atoms with Crippen LogP contribution >= 0.6 is 45.9 Å². The largest absolute Gasteiger partial charge is 0.343 e. The van der Waals surface area contributed by atoms with Gasteiger partial charge in [0.2, 0.25) is 11.0 Å². The lowest BCUT2D eigenvalue weighted by atomic mass is 10.2. The number of carbonyl (C=O) groups is 1. The van der Waals surface area contributed by atoms with Crippen molar-refractivity contribution in [3.8, 4) is 9.88 Å². The molecule has 3 aromatic rings. The Morgan fingerprint density at radius 2 is 1.93 bits per heavy atom. The third kappa shape index (κ3) is 4.38. The summed E-state index contributed by atoms with van der Waals surface area (Å²) in [7, 11) is 0. The number of rotatable bonds is 4. The molecular formula is C19H16Cl2N4OS2. The van der Waals surface area contributed by atoms with Crippen molar-refractivity contribution in [1.29, 1.82) is 0 Å². The first-order valence-corrected chi connectivity index (χ1v) is 11.1. The van der Waals surface area contributed by atoms with E-state index in [1.54, 1.807) is 53.0 Å². The van der Waals surface area contributed by atoms with Crippen molar-refractivity contribution < 1.29 is 4.79 Å². The van der Waals surface area contributed by atoms with E-state index in [2.05, 4.69) is 15.1 Å². The maximum atomic E-state index is 12.5. The smallest absolute Gasteiger partial charge is 0.246 e. The van der Waals surface area contributed by atoms with Gasteiger partial charge in [0.15, 0.2) is 5.01 Å². The molecule has 1 aromatic carbocycles. The zero-order valence-corrected chi connectivity index (χ0v) is 17.9. The van der Waals surface area contributed by atoms with E-state index in [4.69, 9.17) is 23.2 Å². The summed E-state index contributed by atoms with van der Waals surface area (Å²) >= 11 is 15.3. The predicted octanol–water partition coefficient (Wildman–Crippen LogP) is 4.94. The van der Waals surface area contributed by atoms with Crippen LogP contribution in [0.5, 0.6) is 0 Å². The highest BCUT2D eigenvalue weighted by atomic mass is 35.5. The Labute approximate surface area is 180 Å². The molecule has 1 amide bonds. The van der Waals surface area contributed by atoms with E-state index in [9.17, 15) is 4.79 Å². The number of benzene rings is 1. The highest BCUT2D eigenvalue weighted by Crippen LogP contribution is 2.31. The summed E-state index contributed by atoms with van der Waals surface area (Å²) < 4.78 is 0. The molecule has 28 heavy (non-hydrogen) atoms. The van der Waals surface area contributed by atoms with Gasteiger partial charge < -0.3 is 9.80 Å². The second-order valence-corrected chi connectivity index (χ2v) is 8.93. The molecule has 0 saturated carbocycles. The van der Waals surface area contributed by atoms with Crippen molar-refractivity contribution in [2.75, 3.05) is 31.1 Å². The van der Waals surface area contributed by atoms with E-state index < -0.39 is 0 Å². The first-order valence-electron chi connectivity index (χ1n) is 8.64. The number of aromatic nitrogens is 2. The molecule has 1 saturated heterocycles. The van der Waals surface area contributed by atoms with Gasteiger partial charge in [-0.05, 0) is 35.2 Å². The van der Waals surface area contributed by atoms with Crippen molar-refractivity contribution in [1.82, 2.24) is 15.1 Å². The van der Waals surface area contributed by atoms with Crippen LogP contribution in [0.3, 0.4) is 0 Å². The summed E-state index contributed by atoms with van der Waals surface area (Å²) in [6, 6.07) is 9.27. The number of hydrogen-bond donors (Lipinski definition) is 0. The highest BCUT2D eigenvalue weighted by Gasteiger charge is 2.22. The summed E-state index contributed by atoms with van der Waals surface area (Å²) in [5.74, 6) is -0.0257. The molecule has 1 aliphatic heterocycles. The Morgan fingerprint density at radius 3 is 2.64 bits per heavy atom. The molecule has 0 atom stereocenters. The molecule has 0 spiro atoms. The van der Waals surface area contributed by atoms with Crippen LogP contribution in [0.1, 0.15) is 5.56 Å². The van der Waals surface area contributed by atoms with Crippen LogP contribution in [0.2, 0.25) is 10.0 Å². The molecule has 0 bridgehead atoms. The third-order valence-corrected chi connectivity index (χ3v) is 6.96. The summed E-state index contributed by atoms with van der Waals surface area (Å²) in [5, 5.41) is 13.6. The molecule has 0 unspecified atom stereocenters. The molecule has 1 aliphatic rings. The third-order valence-electron chi connectivity index (χ3n) is 4.38. The molecule has 9 heteroatoms. The summed E-state index contributed by atoms with van der Waals surface area (Å²) in [4.78, 5) is 17.6. The van der Waals surface area contributed by atoms with Gasteiger partial charge in [-0.15, -0.1) is 21.5 Å². The first-order chi connectivity index (χ1) is 13.6. The molecule has 1 fully saturated rings. The molecule has 4 rings (SSSR count). The van der Waals surface area contributed by atoms with Gasteiger partial charge in [-0.2, -0.15) is 0 Å². The summed E-state index contributed by atoms with van der Waals surface area (Å²) in [6.07, 6.45) is 3.29. The second kappa shape index (κ2) is 8.61. The van der Waals surface area contributed by atoms with E-state index in [1.165, 1.54) is 0 Å². The van der Waals surface area contributed by atoms with Gasteiger partial charge in [-0.3, -0.25) is 4.79 Å². The Bertz CT molecular complexity index is 995. The van der Waals surface area contributed by atoms with Gasteiger partial charge >= 0.3 is 0 Å². The van der Waals surface area contributed by atoms with Gasteiger partial charge in [-0.1, -0.05) is 46.7 Å². The number of amides is 1. The van der Waals surface area contributed by atoms with E-state index in [1.807, 2.05) is 22.4 Å². The molecule has 0 aliphatic carbocycles. The zero-order chi connectivity index (χ0) is 19.5. The number of carbonyl (C=O) groups excluding carboxylic acids is 1. The summed E-state index contributed by atoms with van der Waals surface area (Å²) in [6.45, 7) is 2.76. The SMILES string of the molecule is O=C(/C=C/c1ccc(Cl)cc1Cl)N1CCN(c2nnc(-c3cccs3)s2)CC1. The van der Waals surface area contributed by atoms with Crippen LogP contribution in [-0.4, -0.2) is 47.2 Å². The van der Waals surface area contributed by atoms with Crippen molar-refractivity contribution in [2.45, 2.75) is 0 Å². The molecule has 5 nitrogen and oxygen atoms in total. The number of hydrogen-bond acceptors (Lipinski definition) is 6. The van der Waals surface area contributed by atoms with Gasteiger partial charge in [0.25, 0.3) is 0 Å². The van der Waals surface area contributed by atoms with Crippen LogP contribution in [-0.2, 0) is 4.79 Å². The van der Waals surface area contributed by atoms with Crippen molar-refractivity contribution in [2.24, 2.45) is 0 Å². The van der Waals surface area contributed by atoms with E-state index in [0.717, 1.165) is 33.7 Å². The van der Waals surface area contributed by atoms with E-state index >= 15 is 0 Å². The fourth-order valence-corrected chi connectivity index (χ4v) is 5.02. The second-order valence-electron chi connectivity index (χ2n) is 6.18.